The molecular formula is C25H40O4. The van der Waals surface area contributed by atoms with Crippen molar-refractivity contribution < 1.29 is 19.4 Å². The van der Waals surface area contributed by atoms with Gasteiger partial charge in [-0.15, -0.1) is 0 Å². The molecular weight excluding hydrogens is 364 g/mol. The number of ether oxygens (including phenoxy) is 1. The molecule has 29 heavy (non-hydrogen) atoms. The normalized spacial score (nSPS) is 12.7. The molecule has 0 heterocycles. The molecule has 0 atom stereocenters. The number of carboxylic acids is 1. The van der Waals surface area contributed by atoms with Gasteiger partial charge in [-0.2, -0.15) is 0 Å². The Morgan fingerprint density at radius 1 is 0.690 bits per heavy atom. The van der Waals surface area contributed by atoms with Gasteiger partial charge >= 0.3 is 11.9 Å². The molecule has 0 fully saturated rings. The monoisotopic (exact) mass is 404 g/mol. The summed E-state index contributed by atoms with van der Waals surface area (Å²) >= 11 is 0. The third-order valence-corrected chi connectivity index (χ3v) is 4.60. The van der Waals surface area contributed by atoms with Crippen LogP contribution < -0.4 is 0 Å². The van der Waals surface area contributed by atoms with Gasteiger partial charge < -0.3 is 9.84 Å². The van der Waals surface area contributed by atoms with Crippen molar-refractivity contribution in [1.29, 1.82) is 0 Å². The van der Waals surface area contributed by atoms with E-state index >= 15 is 0 Å². The largest absolute Gasteiger partial charge is 0.481 e. The first-order valence-electron chi connectivity index (χ1n) is 10.7. The third-order valence-electron chi connectivity index (χ3n) is 4.60. The molecule has 4 heteroatoms. The minimum atomic E-state index is -0.887. The number of esters is 1. The van der Waals surface area contributed by atoms with Crippen molar-refractivity contribution in [2.24, 2.45) is 0 Å². The van der Waals surface area contributed by atoms with Crippen LogP contribution in [0.15, 0.2) is 46.6 Å². The van der Waals surface area contributed by atoms with Gasteiger partial charge in [0, 0.05) is 12.8 Å². The number of hydrogen-bond donors (Lipinski definition) is 1. The quantitative estimate of drug-likeness (QED) is 0.237. The van der Waals surface area contributed by atoms with Gasteiger partial charge in [-0.1, -0.05) is 40.5 Å². The second kappa shape index (κ2) is 16.8. The van der Waals surface area contributed by atoms with E-state index in [2.05, 4.69) is 45.9 Å². The summed E-state index contributed by atoms with van der Waals surface area (Å²) in [6, 6.07) is 0. The lowest BCUT2D eigenvalue weighted by Crippen LogP contribution is -2.06. The van der Waals surface area contributed by atoms with Crippen LogP contribution in [0.5, 0.6) is 0 Å². The summed E-state index contributed by atoms with van der Waals surface area (Å²) in [5.74, 6) is -1.22. The van der Waals surface area contributed by atoms with Gasteiger partial charge in [0.05, 0.1) is 0 Å². The number of carbonyl (C=O) groups is 2. The Balaban J connectivity index is 3.99. The van der Waals surface area contributed by atoms with E-state index in [-0.39, 0.29) is 25.4 Å². The Kier molecular flexibility index (Phi) is 15.6. The van der Waals surface area contributed by atoms with Gasteiger partial charge in [0.15, 0.2) is 0 Å². The Morgan fingerprint density at radius 3 is 1.66 bits per heavy atom. The van der Waals surface area contributed by atoms with Gasteiger partial charge in [0.2, 0.25) is 0 Å². The Morgan fingerprint density at radius 2 is 1.17 bits per heavy atom. The summed E-state index contributed by atoms with van der Waals surface area (Å²) in [5.41, 5.74) is 5.46. The van der Waals surface area contributed by atoms with Crippen LogP contribution in [0.3, 0.4) is 0 Å². The fraction of sp³-hybridized carbons (Fsp3) is 0.600. The van der Waals surface area contributed by atoms with Gasteiger partial charge in [0.1, 0.15) is 6.61 Å². The Labute approximate surface area is 177 Å². The Bertz CT molecular complexity index is 617. The Hall–Kier alpha value is -2.10. The van der Waals surface area contributed by atoms with Gasteiger partial charge in [0.25, 0.3) is 0 Å². The minimum absolute atomic E-state index is 0.000904. The van der Waals surface area contributed by atoms with E-state index in [4.69, 9.17) is 9.84 Å². The summed E-state index contributed by atoms with van der Waals surface area (Å²) in [6.07, 6.45) is 15.7. The average Bonchev–Trinajstić information content (AvgIpc) is 2.61. The molecule has 0 aromatic carbocycles. The lowest BCUT2D eigenvalue weighted by molar-refractivity contribution is -0.142. The number of allylic oxidation sites excluding steroid dienone is 7. The smallest absolute Gasteiger partial charge is 0.306 e. The summed E-state index contributed by atoms with van der Waals surface area (Å²) < 4.78 is 5.10. The van der Waals surface area contributed by atoms with Crippen molar-refractivity contribution in [2.75, 3.05) is 6.61 Å². The molecule has 0 saturated heterocycles. The standard InChI is InChI=1S/C25H40O4/c1-20(2)10-6-11-21(3)12-7-13-22(4)14-8-15-23(5)18-19-29-25(28)17-9-16-24(26)27/h10,12,14,18H,6-9,11,13,15-17,19H2,1-5H3,(H,26,27)/b21-12+,22-14+,23-18+. The van der Waals surface area contributed by atoms with Gasteiger partial charge in [-0.3, -0.25) is 9.59 Å². The zero-order valence-electron chi connectivity index (χ0n) is 19.1. The molecule has 0 bridgehead atoms. The molecule has 0 aliphatic carbocycles. The van der Waals surface area contributed by atoms with Crippen molar-refractivity contribution in [3.63, 3.8) is 0 Å². The SMILES string of the molecule is CC(C)=CCC/C(C)=C/CC/C(C)=C/CC/C(C)=C/COC(=O)CCCC(=O)O. The highest BCUT2D eigenvalue weighted by Gasteiger charge is 2.04. The van der Waals surface area contributed by atoms with Crippen LogP contribution >= 0.6 is 0 Å². The van der Waals surface area contributed by atoms with Crippen LogP contribution in [-0.2, 0) is 14.3 Å². The first-order valence-corrected chi connectivity index (χ1v) is 10.7. The van der Waals surface area contributed by atoms with Gasteiger partial charge in [-0.25, -0.2) is 0 Å². The highest BCUT2D eigenvalue weighted by molar-refractivity contribution is 5.71. The van der Waals surface area contributed by atoms with Crippen LogP contribution in [0.4, 0.5) is 0 Å². The van der Waals surface area contributed by atoms with Crippen molar-refractivity contribution in [2.45, 2.75) is 92.4 Å². The summed E-state index contributed by atoms with van der Waals surface area (Å²) in [5, 5.41) is 8.55. The first-order chi connectivity index (χ1) is 13.7. The van der Waals surface area contributed by atoms with Crippen molar-refractivity contribution >= 4 is 11.9 Å². The highest BCUT2D eigenvalue weighted by atomic mass is 16.5. The molecule has 0 amide bonds. The van der Waals surface area contributed by atoms with Crippen LogP contribution in [-0.4, -0.2) is 23.7 Å². The molecule has 0 radical (unpaired) electrons. The second-order valence-corrected chi connectivity index (χ2v) is 7.98. The van der Waals surface area contributed by atoms with Crippen LogP contribution in [0.2, 0.25) is 0 Å². The van der Waals surface area contributed by atoms with Crippen molar-refractivity contribution in [1.82, 2.24) is 0 Å². The van der Waals surface area contributed by atoms with E-state index in [1.54, 1.807) is 0 Å². The molecule has 0 aromatic rings. The third kappa shape index (κ3) is 19.0. The second-order valence-electron chi connectivity index (χ2n) is 7.98. The molecule has 0 saturated carbocycles. The average molecular weight is 405 g/mol. The van der Waals surface area contributed by atoms with E-state index in [0.717, 1.165) is 38.5 Å². The molecule has 4 nitrogen and oxygen atoms in total. The predicted molar refractivity (Wildman–Crippen MR) is 121 cm³/mol. The molecule has 0 aliphatic heterocycles. The molecule has 0 aromatic heterocycles. The molecule has 0 aliphatic rings. The lowest BCUT2D eigenvalue weighted by atomic mass is 10.0. The van der Waals surface area contributed by atoms with Gasteiger partial charge in [-0.05, 0) is 85.6 Å². The fourth-order valence-electron chi connectivity index (χ4n) is 2.72. The summed E-state index contributed by atoms with van der Waals surface area (Å²) in [6.45, 7) is 11.0. The lowest BCUT2D eigenvalue weighted by Gasteiger charge is -2.04. The maximum atomic E-state index is 11.5. The van der Waals surface area contributed by atoms with Crippen LogP contribution in [0.1, 0.15) is 92.4 Å². The summed E-state index contributed by atoms with van der Waals surface area (Å²) in [4.78, 5) is 21.9. The number of aliphatic carboxylic acids is 1. The number of carboxylic acid groups (broad SMARTS) is 1. The van der Waals surface area contributed by atoms with Crippen LogP contribution in [0, 0.1) is 0 Å². The van der Waals surface area contributed by atoms with E-state index in [1.807, 2.05) is 13.0 Å². The van der Waals surface area contributed by atoms with Crippen molar-refractivity contribution in [3.05, 3.63) is 46.6 Å². The van der Waals surface area contributed by atoms with E-state index < -0.39 is 5.97 Å². The zero-order valence-corrected chi connectivity index (χ0v) is 19.1. The minimum Gasteiger partial charge on any atom is -0.481 e. The van der Waals surface area contributed by atoms with Crippen molar-refractivity contribution in [3.8, 4) is 0 Å². The molecule has 0 unspecified atom stereocenters. The molecule has 1 N–H and O–H groups in total. The summed E-state index contributed by atoms with van der Waals surface area (Å²) in [7, 11) is 0. The van der Waals surface area contributed by atoms with E-state index in [0.29, 0.717) is 6.42 Å². The molecule has 164 valence electrons. The predicted octanol–water partition coefficient (Wildman–Crippen LogP) is 6.93. The molecule has 0 rings (SSSR count). The number of hydrogen-bond acceptors (Lipinski definition) is 3. The highest BCUT2D eigenvalue weighted by Crippen LogP contribution is 2.13. The number of carbonyl (C=O) groups excluding carboxylic acids is 1. The van der Waals surface area contributed by atoms with E-state index in [1.165, 1.54) is 22.3 Å². The van der Waals surface area contributed by atoms with E-state index in [9.17, 15) is 9.59 Å². The molecule has 0 spiro atoms. The fourth-order valence-corrected chi connectivity index (χ4v) is 2.72. The zero-order chi connectivity index (χ0) is 22.1. The maximum Gasteiger partial charge on any atom is 0.306 e. The van der Waals surface area contributed by atoms with Crippen LogP contribution in [0.25, 0.3) is 0 Å². The maximum absolute atomic E-state index is 11.5. The number of rotatable bonds is 15. The first kappa shape index (κ1) is 26.9. The topological polar surface area (TPSA) is 63.6 Å².